The van der Waals surface area contributed by atoms with Crippen LogP contribution in [0.25, 0.3) is 11.0 Å². The fourth-order valence-corrected chi connectivity index (χ4v) is 2.12. The lowest BCUT2D eigenvalue weighted by Crippen LogP contribution is -2.26. The van der Waals surface area contributed by atoms with Gasteiger partial charge in [0.25, 0.3) is 0 Å². The van der Waals surface area contributed by atoms with Crippen LogP contribution in [0.2, 0.25) is 0 Å². The van der Waals surface area contributed by atoms with Crippen LogP contribution in [0.4, 0.5) is 0 Å². The third kappa shape index (κ3) is 2.00. The predicted octanol–water partition coefficient (Wildman–Crippen LogP) is 1.45. The SMILES string of the molecule is CCn1c(=O)n(CC(C)CO)c2ccccc21. The van der Waals surface area contributed by atoms with Gasteiger partial charge in [0.1, 0.15) is 0 Å². The van der Waals surface area contributed by atoms with E-state index in [0.29, 0.717) is 13.1 Å². The number of imidazole rings is 1. The van der Waals surface area contributed by atoms with E-state index in [1.165, 1.54) is 0 Å². The predicted molar refractivity (Wildman–Crippen MR) is 68.1 cm³/mol. The van der Waals surface area contributed by atoms with Crippen LogP contribution in [0.3, 0.4) is 0 Å². The number of para-hydroxylation sites is 2. The Morgan fingerprint density at radius 3 is 2.35 bits per heavy atom. The zero-order valence-electron chi connectivity index (χ0n) is 10.3. The maximum absolute atomic E-state index is 12.2. The maximum Gasteiger partial charge on any atom is 0.329 e. The Balaban J connectivity index is 2.62. The van der Waals surface area contributed by atoms with Crippen molar-refractivity contribution in [1.82, 2.24) is 9.13 Å². The number of nitrogens with zero attached hydrogens (tertiary/aromatic N) is 2. The standard InChI is InChI=1S/C13H18N2O2/c1-3-14-11-6-4-5-7-12(11)15(13(14)17)8-10(2)9-16/h4-7,10,16H,3,8-9H2,1-2H3. The molecule has 0 saturated heterocycles. The first-order chi connectivity index (χ1) is 8.19. The van der Waals surface area contributed by atoms with E-state index in [4.69, 9.17) is 5.11 Å². The van der Waals surface area contributed by atoms with Crippen molar-refractivity contribution in [1.29, 1.82) is 0 Å². The molecule has 1 N–H and O–H groups in total. The van der Waals surface area contributed by atoms with Crippen molar-refractivity contribution >= 4 is 11.0 Å². The summed E-state index contributed by atoms with van der Waals surface area (Å²) in [5.74, 6) is 0.0869. The number of benzene rings is 1. The average Bonchev–Trinajstić information content (AvgIpc) is 2.62. The molecule has 0 aliphatic heterocycles. The topological polar surface area (TPSA) is 47.2 Å². The van der Waals surface area contributed by atoms with E-state index in [9.17, 15) is 4.79 Å². The second-order valence-corrected chi connectivity index (χ2v) is 4.41. The number of rotatable bonds is 4. The zero-order valence-corrected chi connectivity index (χ0v) is 10.3. The first kappa shape index (κ1) is 11.9. The minimum Gasteiger partial charge on any atom is -0.396 e. The van der Waals surface area contributed by atoms with Crippen LogP contribution in [-0.4, -0.2) is 20.8 Å². The van der Waals surface area contributed by atoms with Crippen molar-refractivity contribution in [3.05, 3.63) is 34.7 Å². The molecule has 92 valence electrons. The number of aliphatic hydroxyl groups is 1. The van der Waals surface area contributed by atoms with Crippen LogP contribution in [0, 0.1) is 5.92 Å². The summed E-state index contributed by atoms with van der Waals surface area (Å²) in [5.41, 5.74) is 1.92. The lowest BCUT2D eigenvalue weighted by molar-refractivity contribution is 0.223. The molecule has 0 aliphatic rings. The van der Waals surface area contributed by atoms with Crippen LogP contribution in [0.5, 0.6) is 0 Å². The minimum absolute atomic E-state index is 0.00833. The average molecular weight is 234 g/mol. The summed E-state index contributed by atoms with van der Waals surface area (Å²) in [4.78, 5) is 12.2. The van der Waals surface area contributed by atoms with Gasteiger partial charge in [-0.05, 0) is 25.0 Å². The number of hydrogen-bond donors (Lipinski definition) is 1. The molecule has 0 radical (unpaired) electrons. The molecule has 0 saturated carbocycles. The van der Waals surface area contributed by atoms with Crippen LogP contribution in [0.1, 0.15) is 13.8 Å². The van der Waals surface area contributed by atoms with E-state index in [2.05, 4.69) is 0 Å². The summed E-state index contributed by atoms with van der Waals surface area (Å²) in [6.45, 7) is 5.22. The second kappa shape index (κ2) is 4.75. The van der Waals surface area contributed by atoms with Crippen molar-refractivity contribution in [3.8, 4) is 0 Å². The molecule has 4 heteroatoms. The number of hydrogen-bond acceptors (Lipinski definition) is 2. The van der Waals surface area contributed by atoms with Gasteiger partial charge in [0.2, 0.25) is 0 Å². The summed E-state index contributed by atoms with van der Waals surface area (Å²) in [6, 6.07) is 7.78. The van der Waals surface area contributed by atoms with Gasteiger partial charge in [-0.25, -0.2) is 4.79 Å². The highest BCUT2D eigenvalue weighted by Crippen LogP contribution is 2.13. The monoisotopic (exact) mass is 234 g/mol. The number of aromatic nitrogens is 2. The van der Waals surface area contributed by atoms with Crippen LogP contribution in [0.15, 0.2) is 29.1 Å². The van der Waals surface area contributed by atoms with Crippen molar-refractivity contribution in [3.63, 3.8) is 0 Å². The first-order valence-corrected chi connectivity index (χ1v) is 5.98. The van der Waals surface area contributed by atoms with E-state index >= 15 is 0 Å². The summed E-state index contributed by atoms with van der Waals surface area (Å²) >= 11 is 0. The maximum atomic E-state index is 12.2. The largest absolute Gasteiger partial charge is 0.396 e. The summed E-state index contributed by atoms with van der Waals surface area (Å²) in [5, 5.41) is 9.10. The third-order valence-corrected chi connectivity index (χ3v) is 3.05. The van der Waals surface area contributed by atoms with Crippen molar-refractivity contribution < 1.29 is 5.11 Å². The van der Waals surface area contributed by atoms with E-state index in [0.717, 1.165) is 11.0 Å². The van der Waals surface area contributed by atoms with E-state index in [1.807, 2.05) is 38.1 Å². The Labute approximate surface area is 100 Å². The molecule has 0 amide bonds. The lowest BCUT2D eigenvalue weighted by Gasteiger charge is -2.08. The van der Waals surface area contributed by atoms with Gasteiger partial charge in [0.15, 0.2) is 0 Å². The van der Waals surface area contributed by atoms with E-state index in [1.54, 1.807) is 9.13 Å². The van der Waals surface area contributed by atoms with Gasteiger partial charge < -0.3 is 5.11 Å². The number of aliphatic hydroxyl groups excluding tert-OH is 1. The molecule has 1 aromatic heterocycles. The summed E-state index contributed by atoms with van der Waals surface area (Å²) in [6.07, 6.45) is 0. The van der Waals surface area contributed by atoms with E-state index < -0.39 is 0 Å². The molecule has 0 bridgehead atoms. The van der Waals surface area contributed by atoms with Crippen LogP contribution < -0.4 is 5.69 Å². The summed E-state index contributed by atoms with van der Waals surface area (Å²) in [7, 11) is 0. The normalized spacial score (nSPS) is 13.1. The van der Waals surface area contributed by atoms with Crippen molar-refractivity contribution in [2.45, 2.75) is 26.9 Å². The molecule has 17 heavy (non-hydrogen) atoms. The highest BCUT2D eigenvalue weighted by Gasteiger charge is 2.13. The minimum atomic E-state index is 0.00833. The molecular formula is C13H18N2O2. The zero-order chi connectivity index (χ0) is 12.4. The van der Waals surface area contributed by atoms with Gasteiger partial charge in [-0.15, -0.1) is 0 Å². The smallest absolute Gasteiger partial charge is 0.329 e. The lowest BCUT2D eigenvalue weighted by atomic mass is 10.2. The van der Waals surface area contributed by atoms with Crippen LogP contribution in [-0.2, 0) is 13.1 Å². The Morgan fingerprint density at radius 1 is 1.24 bits per heavy atom. The molecule has 1 aromatic carbocycles. The Kier molecular flexibility index (Phi) is 3.33. The quantitative estimate of drug-likeness (QED) is 0.870. The van der Waals surface area contributed by atoms with Crippen molar-refractivity contribution in [2.75, 3.05) is 6.61 Å². The Morgan fingerprint density at radius 2 is 1.82 bits per heavy atom. The van der Waals surface area contributed by atoms with Gasteiger partial charge in [0, 0.05) is 19.7 Å². The molecular weight excluding hydrogens is 216 g/mol. The summed E-state index contributed by atoms with van der Waals surface area (Å²) < 4.78 is 3.51. The molecule has 1 unspecified atom stereocenters. The van der Waals surface area contributed by atoms with Gasteiger partial charge in [-0.1, -0.05) is 19.1 Å². The van der Waals surface area contributed by atoms with Gasteiger partial charge in [0.05, 0.1) is 11.0 Å². The van der Waals surface area contributed by atoms with Crippen molar-refractivity contribution in [2.24, 2.45) is 5.92 Å². The molecule has 0 spiro atoms. The molecule has 2 rings (SSSR count). The number of aryl methyl sites for hydroxylation is 1. The van der Waals surface area contributed by atoms with Gasteiger partial charge in [-0.2, -0.15) is 0 Å². The number of fused-ring (bicyclic) bond motifs is 1. The Bertz CT molecular complexity index is 568. The van der Waals surface area contributed by atoms with Gasteiger partial charge >= 0.3 is 5.69 Å². The van der Waals surface area contributed by atoms with Crippen LogP contribution >= 0.6 is 0 Å². The second-order valence-electron chi connectivity index (χ2n) is 4.41. The third-order valence-electron chi connectivity index (χ3n) is 3.05. The molecule has 0 fully saturated rings. The molecule has 1 heterocycles. The van der Waals surface area contributed by atoms with Gasteiger partial charge in [-0.3, -0.25) is 9.13 Å². The molecule has 1 atom stereocenters. The Hall–Kier alpha value is -1.55. The fraction of sp³-hybridized carbons (Fsp3) is 0.462. The highest BCUT2D eigenvalue weighted by molar-refractivity contribution is 5.75. The molecule has 2 aromatic rings. The highest BCUT2D eigenvalue weighted by atomic mass is 16.3. The van der Waals surface area contributed by atoms with E-state index in [-0.39, 0.29) is 18.2 Å². The fourth-order valence-electron chi connectivity index (χ4n) is 2.12. The molecule has 4 nitrogen and oxygen atoms in total. The first-order valence-electron chi connectivity index (χ1n) is 5.98. The molecule has 0 aliphatic carbocycles.